The van der Waals surface area contributed by atoms with E-state index in [1.54, 1.807) is 37.5 Å². The molecule has 538 valence electrons. The summed E-state index contributed by atoms with van der Waals surface area (Å²) in [5.41, 5.74) is -3.30. The number of benzene rings is 3. The highest BCUT2D eigenvalue weighted by atomic mass is 19.1. The first-order valence-corrected chi connectivity index (χ1v) is 34.7. The van der Waals surface area contributed by atoms with Crippen molar-refractivity contribution in [1.29, 1.82) is 0 Å². The molecule has 13 atom stereocenters. The van der Waals surface area contributed by atoms with Crippen molar-refractivity contribution in [2.75, 3.05) is 19.8 Å². The van der Waals surface area contributed by atoms with Crippen molar-refractivity contribution in [3.05, 3.63) is 174 Å². The second-order valence-electron chi connectivity index (χ2n) is 28.7. The van der Waals surface area contributed by atoms with Crippen LogP contribution in [0.25, 0.3) is 0 Å². The Balaban J connectivity index is 0.000000130. The summed E-state index contributed by atoms with van der Waals surface area (Å²) >= 11 is 0. The molecule has 6 aliphatic heterocycles. The van der Waals surface area contributed by atoms with E-state index < -0.39 is 87.2 Å². The zero-order valence-electron chi connectivity index (χ0n) is 57.0. The number of aliphatic hydroxyl groups excluding tert-OH is 1. The number of rotatable bonds is 13. The van der Waals surface area contributed by atoms with Crippen LogP contribution in [0.4, 0.5) is 22.4 Å². The predicted molar refractivity (Wildman–Crippen MR) is 356 cm³/mol. The summed E-state index contributed by atoms with van der Waals surface area (Å²) < 4.78 is 72.4. The van der Waals surface area contributed by atoms with Crippen LogP contribution in [0, 0.1) is 46.9 Å². The molecule has 4 aliphatic carbocycles. The molecular formula is C74H84F4N8O15. The smallest absolute Gasteiger partial charge is 0.411 e. The SMILES string of the molecule is CCOC(=O)[C@@H]1[C@H]2C=C[C@H](C2)N1[C@H](C)c1ccccc1.CCOC(=O)[C@]1(CO)[C@H]2CC[C@H](C2)N1C(=O)OC(C)(C)C.O=C(NCc1ccc(F)cc1F)c1cn2c(c(O)c1=O)C(=O)N1[C@@H]3CC[C@@H](C3)[C@@H]1C2.O=C(NCc1ccc(F)cc1F)c1cn2c(c(O)c1=O)C(=O)N1[C@@H]3CC[C@@H](C3)[C@@H]1C2. The average molecular weight is 1400 g/mol. The van der Waals surface area contributed by atoms with Crippen LogP contribution in [0.5, 0.6) is 11.5 Å². The molecule has 2 aromatic heterocycles. The summed E-state index contributed by atoms with van der Waals surface area (Å²) in [6.07, 6.45) is 15.7. The number of nitrogens with one attached hydrogen (secondary N) is 2. The van der Waals surface area contributed by atoms with Gasteiger partial charge in [0.25, 0.3) is 23.6 Å². The van der Waals surface area contributed by atoms with Crippen molar-refractivity contribution < 1.29 is 80.7 Å². The lowest BCUT2D eigenvalue weighted by Crippen LogP contribution is -2.63. The highest BCUT2D eigenvalue weighted by molar-refractivity contribution is 6.01. The normalized spacial score (nSPS) is 26.6. The van der Waals surface area contributed by atoms with Crippen molar-refractivity contribution in [3.8, 4) is 11.5 Å². The summed E-state index contributed by atoms with van der Waals surface area (Å²) in [4.78, 5) is 121. The Morgan fingerprint density at radius 2 is 1.15 bits per heavy atom. The van der Waals surface area contributed by atoms with E-state index in [1.807, 2.05) is 13.0 Å². The van der Waals surface area contributed by atoms with Crippen LogP contribution in [0.1, 0.15) is 170 Å². The fourth-order valence-corrected chi connectivity index (χ4v) is 17.3. The molecule has 3 aromatic carbocycles. The van der Waals surface area contributed by atoms with Crippen LogP contribution < -0.4 is 21.5 Å². The lowest BCUT2D eigenvalue weighted by Gasteiger charge is -2.43. The van der Waals surface area contributed by atoms with Gasteiger partial charge in [-0.05, 0) is 141 Å². The zero-order valence-corrected chi connectivity index (χ0v) is 57.0. The molecule has 0 unspecified atom stereocenters. The fourth-order valence-electron chi connectivity index (χ4n) is 17.3. The molecule has 4 saturated heterocycles. The number of hydrogen-bond acceptors (Lipinski definition) is 16. The van der Waals surface area contributed by atoms with E-state index in [0.29, 0.717) is 55.6 Å². The van der Waals surface area contributed by atoms with E-state index in [0.717, 1.165) is 76.3 Å². The quantitative estimate of drug-likeness (QED) is 0.0321. The lowest BCUT2D eigenvalue weighted by molar-refractivity contribution is -0.164. The number of piperidine rings is 3. The monoisotopic (exact) mass is 1400 g/mol. The zero-order chi connectivity index (χ0) is 72.3. The number of aromatic nitrogens is 2. The van der Waals surface area contributed by atoms with Crippen molar-refractivity contribution >= 4 is 41.7 Å². The van der Waals surface area contributed by atoms with Gasteiger partial charge in [-0.2, -0.15) is 0 Å². The number of ether oxygens (including phenoxy) is 3. The van der Waals surface area contributed by atoms with Crippen LogP contribution in [0.3, 0.4) is 0 Å². The maximum Gasteiger partial charge on any atom is 0.411 e. The van der Waals surface area contributed by atoms with Gasteiger partial charge in [-0.15, -0.1) is 0 Å². The molecule has 8 heterocycles. The molecule has 101 heavy (non-hydrogen) atoms. The summed E-state index contributed by atoms with van der Waals surface area (Å²) in [6.45, 7) is 11.6. The fraction of sp³-hybridized carbons (Fsp3) is 0.500. The molecule has 0 spiro atoms. The van der Waals surface area contributed by atoms with Crippen LogP contribution in [-0.2, 0) is 50.0 Å². The van der Waals surface area contributed by atoms with Crippen LogP contribution in [0.2, 0.25) is 0 Å². The molecule has 7 fully saturated rings. The highest BCUT2D eigenvalue weighted by Crippen LogP contribution is 2.51. The molecule has 3 saturated carbocycles. The topological polar surface area (TPSA) is 289 Å². The Morgan fingerprint density at radius 1 is 0.644 bits per heavy atom. The third-order valence-electron chi connectivity index (χ3n) is 21.8. The van der Waals surface area contributed by atoms with Gasteiger partial charge < -0.3 is 59.1 Å². The van der Waals surface area contributed by atoms with E-state index in [-0.39, 0.29) is 119 Å². The lowest BCUT2D eigenvalue weighted by atomic mass is 9.83. The van der Waals surface area contributed by atoms with Gasteiger partial charge in [-0.25, -0.2) is 27.2 Å². The number of aliphatic hydroxyl groups is 1. The molecule has 15 rings (SSSR count). The number of amides is 5. The maximum absolute atomic E-state index is 13.8. The van der Waals surface area contributed by atoms with Crippen molar-refractivity contribution in [2.24, 2.45) is 23.7 Å². The molecular weight excluding hydrogens is 1320 g/mol. The van der Waals surface area contributed by atoms with Crippen molar-refractivity contribution in [2.45, 2.75) is 191 Å². The van der Waals surface area contributed by atoms with E-state index in [9.17, 15) is 76.0 Å². The van der Waals surface area contributed by atoms with Gasteiger partial charge in [0.15, 0.2) is 28.4 Å². The second-order valence-corrected chi connectivity index (χ2v) is 28.7. The molecule has 5 aromatic rings. The van der Waals surface area contributed by atoms with Gasteiger partial charge in [-0.3, -0.25) is 43.4 Å². The number of hydrogen-bond donors (Lipinski definition) is 5. The number of aromatic hydroxyl groups is 2. The minimum atomic E-state index is -1.28. The van der Waals surface area contributed by atoms with Crippen LogP contribution in [0.15, 0.2) is 101 Å². The Labute approximate surface area is 580 Å². The Bertz CT molecular complexity index is 4080. The van der Waals surface area contributed by atoms with Gasteiger partial charge in [0, 0.05) is 98.0 Å². The first-order chi connectivity index (χ1) is 48.2. The summed E-state index contributed by atoms with van der Waals surface area (Å²) in [6, 6.07) is 17.0. The largest absolute Gasteiger partial charge is 0.503 e. The highest BCUT2D eigenvalue weighted by Gasteiger charge is 2.65. The molecule has 5 N–H and O–H groups in total. The maximum atomic E-state index is 13.8. The number of halogens is 4. The van der Waals surface area contributed by atoms with E-state index in [4.69, 9.17) is 14.2 Å². The van der Waals surface area contributed by atoms with Crippen molar-refractivity contribution in [3.63, 3.8) is 0 Å². The van der Waals surface area contributed by atoms with Crippen LogP contribution >= 0.6 is 0 Å². The number of fused-ring (bicyclic) bond motifs is 16. The molecule has 8 bridgehead atoms. The van der Waals surface area contributed by atoms with E-state index in [1.165, 1.54) is 44.1 Å². The van der Waals surface area contributed by atoms with Gasteiger partial charge in [-0.1, -0.05) is 54.6 Å². The average Bonchev–Trinajstić information content (AvgIpc) is 1.61. The van der Waals surface area contributed by atoms with Gasteiger partial charge in [0.1, 0.15) is 46.0 Å². The number of pyridine rings is 2. The van der Waals surface area contributed by atoms with E-state index >= 15 is 0 Å². The molecule has 5 amide bonds. The number of carbonyl (C=O) groups excluding carboxylic acids is 7. The number of carbonyl (C=O) groups is 7. The summed E-state index contributed by atoms with van der Waals surface area (Å²) in [5.74, 6) is -6.56. The van der Waals surface area contributed by atoms with Crippen LogP contribution in [-0.4, -0.2) is 159 Å². The first-order valence-electron chi connectivity index (χ1n) is 34.7. The minimum Gasteiger partial charge on any atom is -0.503 e. The Morgan fingerprint density at radius 3 is 1.62 bits per heavy atom. The predicted octanol–water partition coefficient (Wildman–Crippen LogP) is 8.18. The third-order valence-corrected chi connectivity index (χ3v) is 21.8. The summed E-state index contributed by atoms with van der Waals surface area (Å²) in [7, 11) is 0. The minimum absolute atomic E-state index is 0.00475. The first kappa shape index (κ1) is 71.5. The number of likely N-dealkylation sites (tertiary alicyclic amines) is 2. The van der Waals surface area contributed by atoms with Gasteiger partial charge >= 0.3 is 18.0 Å². The molecule has 0 radical (unpaired) electrons. The van der Waals surface area contributed by atoms with Gasteiger partial charge in [0.2, 0.25) is 10.9 Å². The Hall–Kier alpha value is -9.37. The third kappa shape index (κ3) is 13.4. The van der Waals surface area contributed by atoms with E-state index in [2.05, 4.69) is 58.9 Å². The van der Waals surface area contributed by atoms with Crippen molar-refractivity contribution in [1.82, 2.24) is 39.4 Å². The molecule has 10 aliphatic rings. The molecule has 23 nitrogen and oxygen atoms in total. The second kappa shape index (κ2) is 28.6. The van der Waals surface area contributed by atoms with Gasteiger partial charge in [0.05, 0.1) is 31.9 Å². The summed E-state index contributed by atoms with van der Waals surface area (Å²) in [5, 5.41) is 35.6. The number of nitrogens with zero attached hydrogens (tertiary/aromatic N) is 6. The number of esters is 2. The standard InChI is InChI=1S/2C21H19F2N3O4.C17H21NO2.C15H25NO5/c2*22-12-3-1-11(15(23)6-12)7-24-20(29)14-8-25-9-16-10-2-4-13(5-10)26(16)21(30)17(25)19(28)18(14)27;1-3-20-17(19)16-14-9-10-15(11-14)18(16)12(2)13-7-5-4-6-8-13;1-5-20-12(18)15(9-17)10-6-7-11(8-10)16(15)13(19)21-14(2,3)4/h2*1,3,6,8,10,13,16,28H,2,4-5,7,9H2,(H,24,29);4-10,12,14-16H,3,11H2,1-2H3;10-11,17H,5-9H2,1-4H3/t2*10-,13+,16-;12-,14+,15-,16+;10-,11+,15-/m0010/s1. The Kier molecular flexibility index (Phi) is 20.2. The molecule has 27 heteroatoms.